The van der Waals surface area contributed by atoms with E-state index in [1.54, 1.807) is 0 Å². The standard InChI is InChI=1S/C25H24N2O/c1-27(2)25(19-26,22-16-10-5-11-17-22)23(20-12-6-3-7-13-20)18-24(28)21-14-8-4-9-15-21/h3-17,23H,18H2,1-2H3/p+1/t23-,25-/m1/s1. The van der Waals surface area contributed by atoms with E-state index in [1.165, 1.54) is 0 Å². The number of carbonyl (C=O) groups excluding carboxylic acids is 1. The molecule has 0 aliphatic carbocycles. The van der Waals surface area contributed by atoms with E-state index < -0.39 is 5.54 Å². The lowest BCUT2D eigenvalue weighted by molar-refractivity contribution is -0.916. The first-order chi connectivity index (χ1) is 13.6. The first kappa shape index (κ1) is 19.5. The molecule has 0 radical (unpaired) electrons. The average molecular weight is 369 g/mol. The van der Waals surface area contributed by atoms with Crippen LogP contribution in [0.1, 0.15) is 33.8 Å². The lowest BCUT2D eigenvalue weighted by atomic mass is 9.71. The van der Waals surface area contributed by atoms with Gasteiger partial charge in [0.1, 0.15) is 6.07 Å². The minimum atomic E-state index is -0.882. The second-order valence-electron chi connectivity index (χ2n) is 7.24. The SMILES string of the molecule is C[NH+](C)[C@](C#N)(c1ccccc1)[C@H](CC(=O)c1ccccc1)c1ccccc1. The van der Waals surface area contributed by atoms with E-state index in [2.05, 4.69) is 6.07 Å². The van der Waals surface area contributed by atoms with E-state index in [0.29, 0.717) is 5.56 Å². The Kier molecular flexibility index (Phi) is 6.03. The Bertz CT molecular complexity index is 946. The van der Waals surface area contributed by atoms with Gasteiger partial charge in [-0.05, 0) is 5.56 Å². The molecule has 3 rings (SSSR count). The molecule has 0 bridgehead atoms. The van der Waals surface area contributed by atoms with Crippen LogP contribution in [0.15, 0.2) is 91.0 Å². The van der Waals surface area contributed by atoms with E-state index in [9.17, 15) is 10.1 Å². The van der Waals surface area contributed by atoms with Gasteiger partial charge in [0.2, 0.25) is 5.54 Å². The van der Waals surface area contributed by atoms with Crippen molar-refractivity contribution in [2.45, 2.75) is 17.9 Å². The number of ketones is 1. The summed E-state index contributed by atoms with van der Waals surface area (Å²) in [5.41, 5.74) is 1.72. The monoisotopic (exact) mass is 369 g/mol. The van der Waals surface area contributed by atoms with Gasteiger partial charge in [-0.2, -0.15) is 5.26 Å². The molecule has 140 valence electrons. The molecular weight excluding hydrogens is 344 g/mol. The molecule has 3 aromatic rings. The van der Waals surface area contributed by atoms with Crippen molar-refractivity contribution in [3.63, 3.8) is 0 Å². The van der Waals surface area contributed by atoms with Gasteiger partial charge in [0.05, 0.1) is 20.0 Å². The summed E-state index contributed by atoms with van der Waals surface area (Å²) in [5.74, 6) is -0.231. The molecule has 0 spiro atoms. The molecule has 1 N–H and O–H groups in total. The number of carbonyl (C=O) groups is 1. The van der Waals surface area contributed by atoms with Gasteiger partial charge >= 0.3 is 0 Å². The molecule has 0 saturated heterocycles. The quantitative estimate of drug-likeness (QED) is 0.647. The number of quaternary nitrogens is 1. The molecular formula is C25H25N2O+. The lowest BCUT2D eigenvalue weighted by Gasteiger charge is -2.37. The van der Waals surface area contributed by atoms with Crippen LogP contribution in [0, 0.1) is 11.3 Å². The number of Topliss-reactive ketones (excluding diaryl/α,β-unsaturated/α-hetero) is 1. The zero-order valence-corrected chi connectivity index (χ0v) is 16.3. The first-order valence-electron chi connectivity index (χ1n) is 9.50. The highest BCUT2D eigenvalue weighted by Crippen LogP contribution is 2.37. The fraction of sp³-hybridized carbons (Fsp3) is 0.200. The van der Waals surface area contributed by atoms with Gasteiger partial charge in [-0.3, -0.25) is 4.79 Å². The van der Waals surface area contributed by atoms with Gasteiger partial charge in [-0.1, -0.05) is 91.0 Å². The van der Waals surface area contributed by atoms with Gasteiger partial charge in [-0.25, -0.2) is 0 Å². The van der Waals surface area contributed by atoms with Crippen LogP contribution in [-0.4, -0.2) is 19.9 Å². The summed E-state index contributed by atoms with van der Waals surface area (Å²) in [6.07, 6.45) is 0.266. The molecule has 0 unspecified atom stereocenters. The third-order valence-electron chi connectivity index (χ3n) is 5.40. The van der Waals surface area contributed by atoms with E-state index >= 15 is 0 Å². The van der Waals surface area contributed by atoms with Crippen LogP contribution in [0.25, 0.3) is 0 Å². The predicted octanol–water partition coefficient (Wildman–Crippen LogP) is 3.61. The Labute approximate surface area is 166 Å². The molecule has 2 atom stereocenters. The van der Waals surface area contributed by atoms with Crippen LogP contribution in [0.2, 0.25) is 0 Å². The van der Waals surface area contributed by atoms with E-state index in [0.717, 1.165) is 16.0 Å². The van der Waals surface area contributed by atoms with Gasteiger partial charge < -0.3 is 4.90 Å². The number of nitrogens with zero attached hydrogens (tertiary/aromatic N) is 1. The second kappa shape index (κ2) is 8.65. The maximum Gasteiger partial charge on any atom is 0.217 e. The largest absolute Gasteiger partial charge is 0.319 e. The van der Waals surface area contributed by atoms with Crippen molar-refractivity contribution in [3.8, 4) is 6.07 Å². The third kappa shape index (κ3) is 3.74. The number of benzene rings is 3. The molecule has 0 aliphatic heterocycles. The molecule has 28 heavy (non-hydrogen) atoms. The van der Waals surface area contributed by atoms with Gasteiger partial charge in [0.15, 0.2) is 5.78 Å². The molecule has 0 aromatic heterocycles. The number of nitriles is 1. The van der Waals surface area contributed by atoms with Gasteiger partial charge in [0.25, 0.3) is 0 Å². The van der Waals surface area contributed by atoms with Gasteiger partial charge in [-0.15, -0.1) is 0 Å². The zero-order valence-electron chi connectivity index (χ0n) is 16.3. The van der Waals surface area contributed by atoms with Crippen LogP contribution in [0.3, 0.4) is 0 Å². The van der Waals surface area contributed by atoms with Crippen molar-refractivity contribution in [1.82, 2.24) is 0 Å². The smallest absolute Gasteiger partial charge is 0.217 e. The van der Waals surface area contributed by atoms with Crippen molar-refractivity contribution in [2.24, 2.45) is 0 Å². The van der Waals surface area contributed by atoms with Crippen LogP contribution in [0.4, 0.5) is 0 Å². The molecule has 0 fully saturated rings. The highest BCUT2D eigenvalue weighted by Gasteiger charge is 2.48. The minimum Gasteiger partial charge on any atom is -0.319 e. The number of hydrogen-bond acceptors (Lipinski definition) is 2. The second-order valence-corrected chi connectivity index (χ2v) is 7.24. The van der Waals surface area contributed by atoms with E-state index in [4.69, 9.17) is 0 Å². The van der Waals surface area contributed by atoms with Crippen molar-refractivity contribution in [3.05, 3.63) is 108 Å². The topological polar surface area (TPSA) is 45.3 Å². The highest BCUT2D eigenvalue weighted by molar-refractivity contribution is 5.96. The van der Waals surface area contributed by atoms with Gasteiger partial charge in [0, 0.05) is 17.5 Å². The summed E-state index contributed by atoms with van der Waals surface area (Å²) < 4.78 is 0. The number of nitrogens with one attached hydrogen (secondary N) is 1. The highest BCUT2D eigenvalue weighted by atomic mass is 16.1. The van der Waals surface area contributed by atoms with E-state index in [-0.39, 0.29) is 18.1 Å². The van der Waals surface area contributed by atoms with Crippen LogP contribution >= 0.6 is 0 Å². The molecule has 3 nitrogen and oxygen atoms in total. The Morgan fingerprint density at radius 3 is 1.89 bits per heavy atom. The maximum atomic E-state index is 13.1. The summed E-state index contributed by atoms with van der Waals surface area (Å²) in [6.45, 7) is 0. The summed E-state index contributed by atoms with van der Waals surface area (Å²) in [6, 6.07) is 31.7. The summed E-state index contributed by atoms with van der Waals surface area (Å²) in [4.78, 5) is 14.1. The third-order valence-corrected chi connectivity index (χ3v) is 5.40. The maximum absolute atomic E-state index is 13.1. The molecule has 0 heterocycles. The van der Waals surface area contributed by atoms with Crippen molar-refractivity contribution >= 4 is 5.78 Å². The summed E-state index contributed by atoms with van der Waals surface area (Å²) in [7, 11) is 3.97. The Morgan fingerprint density at radius 1 is 0.893 bits per heavy atom. The fourth-order valence-corrected chi connectivity index (χ4v) is 3.93. The van der Waals surface area contributed by atoms with Crippen molar-refractivity contribution < 1.29 is 9.69 Å². The van der Waals surface area contributed by atoms with Crippen molar-refractivity contribution in [2.75, 3.05) is 14.1 Å². The summed E-state index contributed by atoms with van der Waals surface area (Å²) >= 11 is 0. The normalized spacial score (nSPS) is 14.1. The molecule has 3 aromatic carbocycles. The number of rotatable bonds is 7. The Morgan fingerprint density at radius 2 is 1.39 bits per heavy atom. The number of hydrogen-bond donors (Lipinski definition) is 1. The van der Waals surface area contributed by atoms with E-state index in [1.807, 2.05) is 105 Å². The van der Waals surface area contributed by atoms with Crippen LogP contribution < -0.4 is 4.90 Å². The predicted molar refractivity (Wildman–Crippen MR) is 111 cm³/mol. The molecule has 3 heteroatoms. The Hall–Kier alpha value is -3.22. The molecule has 0 amide bonds. The van der Waals surface area contributed by atoms with Crippen molar-refractivity contribution in [1.29, 1.82) is 5.26 Å². The molecule has 0 aliphatic rings. The number of likely N-dealkylation sites (N-methyl/N-ethyl adjacent to an activating group) is 1. The lowest BCUT2D eigenvalue weighted by Crippen LogP contribution is -3.14. The average Bonchev–Trinajstić information content (AvgIpc) is 2.75. The van der Waals surface area contributed by atoms with Crippen LogP contribution in [-0.2, 0) is 5.54 Å². The van der Waals surface area contributed by atoms with Crippen LogP contribution in [0.5, 0.6) is 0 Å². The molecule has 0 saturated carbocycles. The Balaban J connectivity index is 2.14. The summed E-state index contributed by atoms with van der Waals surface area (Å²) in [5, 5.41) is 10.4. The minimum absolute atomic E-state index is 0.0475. The fourth-order valence-electron chi connectivity index (χ4n) is 3.93. The first-order valence-corrected chi connectivity index (χ1v) is 9.50. The zero-order chi connectivity index (χ0) is 20.0.